The van der Waals surface area contributed by atoms with E-state index in [9.17, 15) is 9.18 Å². The van der Waals surface area contributed by atoms with Crippen molar-refractivity contribution >= 4 is 5.78 Å². The number of hydrogen-bond acceptors (Lipinski definition) is 3. The van der Waals surface area contributed by atoms with Crippen molar-refractivity contribution in [1.82, 2.24) is 9.55 Å². The summed E-state index contributed by atoms with van der Waals surface area (Å²) in [5.74, 6) is 1.02. The molecule has 22 heavy (non-hydrogen) atoms. The minimum atomic E-state index is -0.316. The molecule has 0 fully saturated rings. The van der Waals surface area contributed by atoms with E-state index in [4.69, 9.17) is 4.74 Å². The molecule has 0 saturated heterocycles. The summed E-state index contributed by atoms with van der Waals surface area (Å²) in [4.78, 5) is 16.3. The van der Waals surface area contributed by atoms with Crippen molar-refractivity contribution in [1.29, 1.82) is 0 Å². The third-order valence-corrected chi connectivity index (χ3v) is 3.19. The number of nitrogens with zero attached hydrogens (tertiary/aromatic N) is 2. The molecule has 1 heterocycles. The van der Waals surface area contributed by atoms with Crippen LogP contribution < -0.4 is 4.74 Å². The Balaban J connectivity index is 1.77. The molecule has 4 nitrogen and oxygen atoms in total. The van der Waals surface area contributed by atoms with Crippen LogP contribution >= 0.6 is 0 Å². The average Bonchev–Trinajstić information content (AvgIpc) is 2.96. The summed E-state index contributed by atoms with van der Waals surface area (Å²) in [6.45, 7) is 0. The molecule has 0 amide bonds. The van der Waals surface area contributed by atoms with Crippen molar-refractivity contribution < 1.29 is 13.9 Å². The number of halogens is 1. The van der Waals surface area contributed by atoms with E-state index >= 15 is 0 Å². The van der Waals surface area contributed by atoms with E-state index in [0.717, 1.165) is 0 Å². The normalized spacial score (nSPS) is 10.5. The maximum Gasteiger partial charge on any atom is 0.228 e. The Hall–Kier alpha value is -2.95. The number of ketones is 1. The first kappa shape index (κ1) is 14.0. The van der Waals surface area contributed by atoms with E-state index < -0.39 is 0 Å². The van der Waals surface area contributed by atoms with E-state index in [1.165, 1.54) is 12.1 Å². The van der Waals surface area contributed by atoms with Crippen molar-refractivity contribution in [2.75, 3.05) is 0 Å². The predicted octanol–water partition coefficient (Wildman–Crippen LogP) is 3.58. The SMILES string of the molecule is Cn1ccnc1C(=O)c1ccc(Oc2ccc(F)cc2)cc1. The lowest BCUT2D eigenvalue weighted by Crippen LogP contribution is -2.08. The van der Waals surface area contributed by atoms with Crippen molar-refractivity contribution in [3.63, 3.8) is 0 Å². The molecule has 3 rings (SSSR count). The highest BCUT2D eigenvalue weighted by atomic mass is 19.1. The first-order valence-corrected chi connectivity index (χ1v) is 6.69. The van der Waals surface area contributed by atoms with Gasteiger partial charge < -0.3 is 9.30 Å². The lowest BCUT2D eigenvalue weighted by atomic mass is 10.1. The van der Waals surface area contributed by atoms with Crippen molar-refractivity contribution in [2.24, 2.45) is 7.05 Å². The van der Waals surface area contributed by atoms with Crippen LogP contribution in [0.5, 0.6) is 11.5 Å². The molecule has 0 atom stereocenters. The third kappa shape index (κ3) is 2.88. The lowest BCUT2D eigenvalue weighted by Gasteiger charge is -2.06. The zero-order chi connectivity index (χ0) is 15.5. The Morgan fingerprint density at radius 2 is 1.64 bits per heavy atom. The second-order valence-electron chi connectivity index (χ2n) is 4.77. The number of aryl methyl sites for hydroxylation is 1. The van der Waals surface area contributed by atoms with Crippen LogP contribution in [0, 0.1) is 5.82 Å². The molecule has 0 spiro atoms. The van der Waals surface area contributed by atoms with Crippen LogP contribution in [-0.2, 0) is 7.05 Å². The zero-order valence-corrected chi connectivity index (χ0v) is 11.9. The van der Waals surface area contributed by atoms with Crippen LogP contribution in [0.1, 0.15) is 16.2 Å². The molecule has 3 aromatic rings. The van der Waals surface area contributed by atoms with Gasteiger partial charge in [0.2, 0.25) is 5.78 Å². The van der Waals surface area contributed by atoms with Gasteiger partial charge in [0, 0.05) is 25.0 Å². The van der Waals surface area contributed by atoms with E-state index in [-0.39, 0.29) is 11.6 Å². The molecule has 0 saturated carbocycles. The maximum absolute atomic E-state index is 12.8. The quantitative estimate of drug-likeness (QED) is 0.691. The molecular formula is C17H13FN2O2. The second kappa shape index (κ2) is 5.81. The molecule has 0 N–H and O–H groups in total. The molecular weight excluding hydrogens is 283 g/mol. The van der Waals surface area contributed by atoms with Gasteiger partial charge in [-0.05, 0) is 48.5 Å². The fourth-order valence-corrected chi connectivity index (χ4v) is 2.03. The second-order valence-corrected chi connectivity index (χ2v) is 4.77. The maximum atomic E-state index is 12.8. The Labute approximate surface area is 126 Å². The van der Waals surface area contributed by atoms with Gasteiger partial charge in [-0.3, -0.25) is 4.79 Å². The summed E-state index contributed by atoms with van der Waals surface area (Å²) in [6.07, 6.45) is 3.30. The number of rotatable bonds is 4. The third-order valence-electron chi connectivity index (χ3n) is 3.19. The Bertz CT molecular complexity index is 792. The Morgan fingerprint density at radius 3 is 2.18 bits per heavy atom. The van der Waals surface area contributed by atoms with Crippen LogP contribution in [0.4, 0.5) is 4.39 Å². The fraction of sp³-hybridized carbons (Fsp3) is 0.0588. The Morgan fingerprint density at radius 1 is 1.05 bits per heavy atom. The minimum Gasteiger partial charge on any atom is -0.457 e. The zero-order valence-electron chi connectivity index (χ0n) is 11.9. The molecule has 0 aliphatic carbocycles. The van der Waals surface area contributed by atoms with Gasteiger partial charge in [-0.1, -0.05) is 0 Å². The van der Waals surface area contributed by atoms with Crippen molar-refractivity contribution in [3.8, 4) is 11.5 Å². The molecule has 0 aliphatic rings. The van der Waals surface area contributed by atoms with Gasteiger partial charge in [-0.25, -0.2) is 9.37 Å². The summed E-state index contributed by atoms with van der Waals surface area (Å²) < 4.78 is 20.1. The Kier molecular flexibility index (Phi) is 3.70. The molecule has 1 aromatic heterocycles. The number of carbonyl (C=O) groups is 1. The standard InChI is InChI=1S/C17H13FN2O2/c1-20-11-10-19-17(20)16(21)12-2-6-14(7-3-12)22-15-8-4-13(18)5-9-15/h2-11H,1H3. The molecule has 0 aliphatic heterocycles. The molecule has 0 bridgehead atoms. The molecule has 110 valence electrons. The summed E-state index contributed by atoms with van der Waals surface area (Å²) in [7, 11) is 1.77. The van der Waals surface area contributed by atoms with Gasteiger partial charge in [0.05, 0.1) is 0 Å². The van der Waals surface area contributed by atoms with Gasteiger partial charge in [-0.2, -0.15) is 0 Å². The van der Waals surface area contributed by atoms with E-state index in [0.29, 0.717) is 22.9 Å². The van der Waals surface area contributed by atoms with Crippen LogP contribution in [0.2, 0.25) is 0 Å². The topological polar surface area (TPSA) is 44.1 Å². The van der Waals surface area contributed by atoms with E-state index in [1.54, 1.807) is 60.4 Å². The van der Waals surface area contributed by atoms with Crippen LogP contribution in [0.25, 0.3) is 0 Å². The largest absolute Gasteiger partial charge is 0.457 e. The minimum absolute atomic E-state index is 0.152. The number of hydrogen-bond donors (Lipinski definition) is 0. The number of ether oxygens (including phenoxy) is 1. The van der Waals surface area contributed by atoms with E-state index in [1.807, 2.05) is 0 Å². The number of carbonyl (C=O) groups excluding carboxylic acids is 1. The van der Waals surface area contributed by atoms with Gasteiger partial charge in [0.1, 0.15) is 17.3 Å². The van der Waals surface area contributed by atoms with Crippen molar-refractivity contribution in [3.05, 3.63) is 78.1 Å². The van der Waals surface area contributed by atoms with Crippen LogP contribution in [-0.4, -0.2) is 15.3 Å². The van der Waals surface area contributed by atoms with Gasteiger partial charge in [-0.15, -0.1) is 0 Å². The number of aromatic nitrogens is 2. The number of benzene rings is 2. The smallest absolute Gasteiger partial charge is 0.228 e. The first-order chi connectivity index (χ1) is 10.6. The van der Waals surface area contributed by atoms with Gasteiger partial charge >= 0.3 is 0 Å². The van der Waals surface area contributed by atoms with E-state index in [2.05, 4.69) is 4.98 Å². The van der Waals surface area contributed by atoms with Crippen LogP contribution in [0.15, 0.2) is 60.9 Å². The molecule has 0 unspecified atom stereocenters. The highest BCUT2D eigenvalue weighted by molar-refractivity contribution is 6.06. The average molecular weight is 296 g/mol. The first-order valence-electron chi connectivity index (χ1n) is 6.69. The van der Waals surface area contributed by atoms with Gasteiger partial charge in [0.25, 0.3) is 0 Å². The van der Waals surface area contributed by atoms with Crippen molar-refractivity contribution in [2.45, 2.75) is 0 Å². The van der Waals surface area contributed by atoms with Crippen LogP contribution in [0.3, 0.4) is 0 Å². The lowest BCUT2D eigenvalue weighted by molar-refractivity contribution is 0.102. The molecule has 0 radical (unpaired) electrons. The summed E-state index contributed by atoms with van der Waals surface area (Å²) in [6, 6.07) is 12.5. The predicted molar refractivity (Wildman–Crippen MR) is 79.6 cm³/mol. The molecule has 5 heteroatoms. The summed E-state index contributed by atoms with van der Waals surface area (Å²) in [5.41, 5.74) is 0.528. The summed E-state index contributed by atoms with van der Waals surface area (Å²) >= 11 is 0. The fourth-order valence-electron chi connectivity index (χ4n) is 2.03. The highest BCUT2D eigenvalue weighted by Crippen LogP contribution is 2.22. The highest BCUT2D eigenvalue weighted by Gasteiger charge is 2.13. The summed E-state index contributed by atoms with van der Waals surface area (Å²) in [5, 5.41) is 0. The number of imidazole rings is 1. The molecule has 2 aromatic carbocycles. The van der Waals surface area contributed by atoms with Gasteiger partial charge in [0.15, 0.2) is 5.82 Å². The monoisotopic (exact) mass is 296 g/mol.